The van der Waals surface area contributed by atoms with Gasteiger partial charge in [-0.15, -0.1) is 0 Å². The lowest BCUT2D eigenvalue weighted by molar-refractivity contribution is 0.267. The van der Waals surface area contributed by atoms with Gasteiger partial charge >= 0.3 is 0 Å². The molecule has 0 fully saturated rings. The molecule has 0 saturated carbocycles. The molecule has 3 aromatic rings. The van der Waals surface area contributed by atoms with Crippen molar-refractivity contribution in [3.8, 4) is 5.75 Å². The first kappa shape index (κ1) is 12.2. The number of halogens is 1. The van der Waals surface area contributed by atoms with Crippen molar-refractivity contribution < 1.29 is 9.15 Å². The van der Waals surface area contributed by atoms with Gasteiger partial charge in [0.2, 0.25) is 5.89 Å². The number of hydrogen-bond donors (Lipinski definition) is 0. The van der Waals surface area contributed by atoms with Crippen molar-refractivity contribution in [2.24, 2.45) is 0 Å². The molecule has 0 spiro atoms. The molecule has 5 heteroatoms. The minimum Gasteiger partial charge on any atom is -0.484 e. The topological polar surface area (TPSA) is 48.2 Å². The highest BCUT2D eigenvalue weighted by atomic mass is 79.9. The monoisotopic (exact) mass is 318 g/mol. The zero-order valence-corrected chi connectivity index (χ0v) is 11.8. The highest BCUT2D eigenvalue weighted by molar-refractivity contribution is 9.10. The number of ether oxygens (including phenoxy) is 1. The number of benzene rings is 1. The van der Waals surface area contributed by atoms with Crippen LogP contribution >= 0.6 is 15.9 Å². The van der Waals surface area contributed by atoms with Gasteiger partial charge in [-0.05, 0) is 40.5 Å². The maximum Gasteiger partial charge on any atom is 0.235 e. The Balaban J connectivity index is 1.78. The van der Waals surface area contributed by atoms with Gasteiger partial charge in [0.05, 0.1) is 0 Å². The Morgan fingerprint density at radius 1 is 1.32 bits per heavy atom. The first-order valence-corrected chi connectivity index (χ1v) is 6.60. The molecule has 0 unspecified atom stereocenters. The second-order valence-corrected chi connectivity index (χ2v) is 5.10. The molecule has 0 aliphatic rings. The molecule has 0 aliphatic heterocycles. The predicted molar refractivity (Wildman–Crippen MR) is 75.0 cm³/mol. The van der Waals surface area contributed by atoms with Gasteiger partial charge in [0.1, 0.15) is 5.75 Å². The first-order valence-electron chi connectivity index (χ1n) is 5.81. The Bertz CT molecular complexity index is 724. The summed E-state index contributed by atoms with van der Waals surface area (Å²) in [5.41, 5.74) is 2.39. The summed E-state index contributed by atoms with van der Waals surface area (Å²) in [5, 5.41) is 0. The van der Waals surface area contributed by atoms with Crippen LogP contribution in [0.2, 0.25) is 0 Å². The fourth-order valence-corrected chi connectivity index (χ4v) is 2.06. The van der Waals surface area contributed by atoms with Crippen molar-refractivity contribution in [1.82, 2.24) is 9.97 Å². The number of oxazole rings is 1. The smallest absolute Gasteiger partial charge is 0.235 e. The van der Waals surface area contributed by atoms with E-state index in [1.54, 1.807) is 6.20 Å². The average molecular weight is 319 g/mol. The molecule has 0 N–H and O–H groups in total. The molecule has 1 aromatic carbocycles. The van der Waals surface area contributed by atoms with Gasteiger partial charge in [0, 0.05) is 16.7 Å². The highest BCUT2D eigenvalue weighted by Crippen LogP contribution is 2.19. The summed E-state index contributed by atoms with van der Waals surface area (Å²) < 4.78 is 12.1. The highest BCUT2D eigenvalue weighted by Gasteiger charge is 2.08. The summed E-state index contributed by atoms with van der Waals surface area (Å²) in [5.74, 6) is 1.32. The van der Waals surface area contributed by atoms with Gasteiger partial charge < -0.3 is 9.15 Å². The van der Waals surface area contributed by atoms with Crippen molar-refractivity contribution in [3.05, 3.63) is 52.5 Å². The van der Waals surface area contributed by atoms with Gasteiger partial charge in [0.25, 0.3) is 0 Å². The van der Waals surface area contributed by atoms with E-state index in [0.717, 1.165) is 15.8 Å². The lowest BCUT2D eigenvalue weighted by Crippen LogP contribution is -1.95. The summed E-state index contributed by atoms with van der Waals surface area (Å²) in [7, 11) is 0. The van der Waals surface area contributed by atoms with Crippen molar-refractivity contribution in [3.63, 3.8) is 0 Å². The van der Waals surface area contributed by atoms with E-state index >= 15 is 0 Å². The van der Waals surface area contributed by atoms with E-state index in [2.05, 4.69) is 25.9 Å². The SMILES string of the molecule is Cc1cccc(OCc2nc3ncc(Br)cc3o2)c1. The Morgan fingerprint density at radius 2 is 2.21 bits per heavy atom. The van der Waals surface area contributed by atoms with Crippen LogP contribution in [0, 0.1) is 6.92 Å². The first-order chi connectivity index (χ1) is 9.20. The largest absolute Gasteiger partial charge is 0.484 e. The molecule has 0 bridgehead atoms. The fourth-order valence-electron chi connectivity index (χ4n) is 1.75. The van der Waals surface area contributed by atoms with Crippen LogP contribution in [0.3, 0.4) is 0 Å². The molecule has 19 heavy (non-hydrogen) atoms. The van der Waals surface area contributed by atoms with Crippen molar-refractivity contribution >= 4 is 27.2 Å². The van der Waals surface area contributed by atoms with E-state index in [9.17, 15) is 0 Å². The van der Waals surface area contributed by atoms with Crippen molar-refractivity contribution in [2.45, 2.75) is 13.5 Å². The predicted octanol–water partition coefficient (Wildman–Crippen LogP) is 3.87. The maximum atomic E-state index is 5.64. The third-order valence-corrected chi connectivity index (χ3v) is 3.04. The van der Waals surface area contributed by atoms with Crippen LogP contribution in [0.4, 0.5) is 0 Å². The van der Waals surface area contributed by atoms with E-state index in [1.807, 2.05) is 37.3 Å². The molecular formula is C14H11BrN2O2. The zero-order valence-electron chi connectivity index (χ0n) is 10.3. The number of fused-ring (bicyclic) bond motifs is 1. The van der Waals surface area contributed by atoms with Gasteiger partial charge in [-0.25, -0.2) is 4.98 Å². The number of aromatic nitrogens is 2. The number of pyridine rings is 1. The Kier molecular flexibility index (Phi) is 3.21. The van der Waals surface area contributed by atoms with E-state index in [4.69, 9.17) is 9.15 Å². The summed E-state index contributed by atoms with van der Waals surface area (Å²) in [4.78, 5) is 8.43. The van der Waals surface area contributed by atoms with Gasteiger partial charge in [-0.2, -0.15) is 4.98 Å². The lowest BCUT2D eigenvalue weighted by Gasteiger charge is -2.03. The van der Waals surface area contributed by atoms with Crippen LogP contribution in [0.25, 0.3) is 11.2 Å². The van der Waals surface area contributed by atoms with E-state index in [1.165, 1.54) is 0 Å². The molecule has 3 rings (SSSR count). The van der Waals surface area contributed by atoms with Crippen LogP contribution in [-0.2, 0) is 6.61 Å². The third kappa shape index (κ3) is 2.76. The molecule has 0 atom stereocenters. The number of rotatable bonds is 3. The minimum atomic E-state index is 0.289. The van der Waals surface area contributed by atoms with Crippen LogP contribution in [0.5, 0.6) is 5.75 Å². The molecule has 0 amide bonds. The molecule has 96 valence electrons. The summed E-state index contributed by atoms with van der Waals surface area (Å²) in [6.07, 6.45) is 1.69. The molecule has 2 heterocycles. The summed E-state index contributed by atoms with van der Waals surface area (Å²) >= 11 is 3.34. The zero-order chi connectivity index (χ0) is 13.2. The minimum absolute atomic E-state index is 0.289. The Morgan fingerprint density at radius 3 is 3.05 bits per heavy atom. The number of hydrogen-bond acceptors (Lipinski definition) is 4. The third-order valence-electron chi connectivity index (χ3n) is 2.61. The van der Waals surface area contributed by atoms with Gasteiger partial charge in [-0.1, -0.05) is 12.1 Å². The molecule has 2 aromatic heterocycles. The van der Waals surface area contributed by atoms with Crippen LogP contribution in [0.1, 0.15) is 11.5 Å². The number of aryl methyl sites for hydroxylation is 1. The quantitative estimate of drug-likeness (QED) is 0.735. The normalized spacial score (nSPS) is 10.8. The van der Waals surface area contributed by atoms with Crippen LogP contribution in [0.15, 0.2) is 45.4 Å². The van der Waals surface area contributed by atoms with Gasteiger partial charge in [0.15, 0.2) is 17.8 Å². The van der Waals surface area contributed by atoms with Crippen LogP contribution in [-0.4, -0.2) is 9.97 Å². The summed E-state index contributed by atoms with van der Waals surface area (Å²) in [6.45, 7) is 2.31. The maximum absolute atomic E-state index is 5.64. The fraction of sp³-hybridized carbons (Fsp3) is 0.143. The van der Waals surface area contributed by atoms with Crippen molar-refractivity contribution in [1.29, 1.82) is 0 Å². The van der Waals surface area contributed by atoms with E-state index in [0.29, 0.717) is 17.1 Å². The molecule has 4 nitrogen and oxygen atoms in total. The molecule has 0 aliphatic carbocycles. The molecule has 0 radical (unpaired) electrons. The standard InChI is InChI=1S/C14H11BrN2O2/c1-9-3-2-4-11(5-9)18-8-13-17-14-12(19-13)6-10(15)7-16-14/h2-7H,8H2,1H3. The van der Waals surface area contributed by atoms with E-state index in [-0.39, 0.29) is 6.61 Å². The number of nitrogens with zero attached hydrogens (tertiary/aromatic N) is 2. The second kappa shape index (κ2) is 5.01. The van der Waals surface area contributed by atoms with Crippen molar-refractivity contribution in [2.75, 3.05) is 0 Å². The lowest BCUT2D eigenvalue weighted by atomic mass is 10.2. The van der Waals surface area contributed by atoms with Crippen LogP contribution < -0.4 is 4.74 Å². The Labute approximate surface area is 118 Å². The van der Waals surface area contributed by atoms with Gasteiger partial charge in [-0.3, -0.25) is 0 Å². The molecular weight excluding hydrogens is 308 g/mol. The second-order valence-electron chi connectivity index (χ2n) is 4.19. The summed E-state index contributed by atoms with van der Waals surface area (Å²) in [6, 6.07) is 9.69. The average Bonchev–Trinajstić information content (AvgIpc) is 2.78. The van der Waals surface area contributed by atoms with E-state index < -0.39 is 0 Å². The molecule has 0 saturated heterocycles. The Hall–Kier alpha value is -1.88.